The van der Waals surface area contributed by atoms with Crippen molar-refractivity contribution in [1.82, 2.24) is 4.90 Å². The van der Waals surface area contributed by atoms with Gasteiger partial charge in [0.05, 0.1) is 0 Å². The topological polar surface area (TPSA) is 40.5 Å². The third kappa shape index (κ3) is 2.58. The smallest absolute Gasteiger partial charge is 0.134 e. The van der Waals surface area contributed by atoms with Crippen molar-refractivity contribution >= 4 is 5.78 Å². The van der Waals surface area contributed by atoms with Crippen LogP contribution in [0.4, 0.5) is 0 Å². The molecule has 15 heavy (non-hydrogen) atoms. The standard InChI is InChI=1S/C12H21NO2/c14-8-6-10-3-1-2-7-13(10)11-4-5-12(15)9-11/h10-11,14H,1-9H2. The lowest BCUT2D eigenvalue weighted by Crippen LogP contribution is -2.45. The molecule has 1 aliphatic carbocycles. The van der Waals surface area contributed by atoms with Gasteiger partial charge >= 0.3 is 0 Å². The van der Waals surface area contributed by atoms with E-state index in [0.717, 1.165) is 32.2 Å². The number of likely N-dealkylation sites (tertiary alicyclic amines) is 1. The zero-order chi connectivity index (χ0) is 10.7. The van der Waals surface area contributed by atoms with E-state index in [1.165, 1.54) is 19.3 Å². The highest BCUT2D eigenvalue weighted by molar-refractivity contribution is 5.81. The first-order valence-corrected chi connectivity index (χ1v) is 6.19. The molecule has 2 atom stereocenters. The largest absolute Gasteiger partial charge is 0.396 e. The molecule has 1 heterocycles. The van der Waals surface area contributed by atoms with Crippen LogP contribution in [0.5, 0.6) is 0 Å². The lowest BCUT2D eigenvalue weighted by Gasteiger charge is -2.39. The summed E-state index contributed by atoms with van der Waals surface area (Å²) in [5.74, 6) is 0.424. The van der Waals surface area contributed by atoms with E-state index in [1.54, 1.807) is 0 Å². The molecule has 0 radical (unpaired) electrons. The summed E-state index contributed by atoms with van der Waals surface area (Å²) in [4.78, 5) is 13.8. The number of Topliss-reactive ketones (excluding diaryl/α,β-unsaturated/α-hetero) is 1. The highest BCUT2D eigenvalue weighted by Crippen LogP contribution is 2.28. The van der Waals surface area contributed by atoms with Gasteiger partial charge in [-0.1, -0.05) is 6.42 Å². The quantitative estimate of drug-likeness (QED) is 0.766. The van der Waals surface area contributed by atoms with Crippen LogP contribution in [0, 0.1) is 0 Å². The second-order valence-corrected chi connectivity index (χ2v) is 4.84. The maximum Gasteiger partial charge on any atom is 0.134 e. The Kier molecular flexibility index (Phi) is 3.76. The maximum absolute atomic E-state index is 11.3. The fourth-order valence-electron chi connectivity index (χ4n) is 3.04. The van der Waals surface area contributed by atoms with Crippen molar-refractivity contribution in [3.05, 3.63) is 0 Å². The molecule has 1 aliphatic heterocycles. The SMILES string of the molecule is O=C1CCC(N2CCCCC2CCO)C1. The van der Waals surface area contributed by atoms with Crippen molar-refractivity contribution in [1.29, 1.82) is 0 Å². The molecule has 1 saturated carbocycles. The Hall–Kier alpha value is -0.410. The Labute approximate surface area is 91.5 Å². The molecule has 2 fully saturated rings. The number of hydrogen-bond donors (Lipinski definition) is 1. The van der Waals surface area contributed by atoms with Gasteiger partial charge in [-0.15, -0.1) is 0 Å². The minimum absolute atomic E-state index is 0.280. The molecule has 0 amide bonds. The number of carbonyl (C=O) groups excluding carboxylic acids is 1. The van der Waals surface area contributed by atoms with Crippen LogP contribution >= 0.6 is 0 Å². The van der Waals surface area contributed by atoms with E-state index in [0.29, 0.717) is 17.9 Å². The van der Waals surface area contributed by atoms with Crippen LogP contribution < -0.4 is 0 Å². The van der Waals surface area contributed by atoms with Crippen molar-refractivity contribution in [2.75, 3.05) is 13.2 Å². The monoisotopic (exact) mass is 211 g/mol. The molecule has 0 aromatic heterocycles. The minimum Gasteiger partial charge on any atom is -0.396 e. The summed E-state index contributed by atoms with van der Waals surface area (Å²) in [5, 5.41) is 9.04. The third-order valence-electron chi connectivity index (χ3n) is 3.82. The number of ketones is 1. The average Bonchev–Trinajstić information content (AvgIpc) is 2.66. The summed E-state index contributed by atoms with van der Waals surface area (Å²) in [7, 11) is 0. The predicted molar refractivity (Wildman–Crippen MR) is 58.7 cm³/mol. The molecule has 3 heteroatoms. The van der Waals surface area contributed by atoms with Crippen molar-refractivity contribution in [3.63, 3.8) is 0 Å². The van der Waals surface area contributed by atoms with Crippen LogP contribution in [0.3, 0.4) is 0 Å². The number of piperidine rings is 1. The first kappa shape index (κ1) is 11.1. The maximum atomic E-state index is 11.3. The predicted octanol–water partition coefficient (Wildman–Crippen LogP) is 1.34. The van der Waals surface area contributed by atoms with Gasteiger partial charge in [0.25, 0.3) is 0 Å². The van der Waals surface area contributed by atoms with Gasteiger partial charge in [0.15, 0.2) is 0 Å². The molecule has 2 rings (SSSR count). The number of aliphatic hydroxyl groups excluding tert-OH is 1. The van der Waals surface area contributed by atoms with E-state index in [2.05, 4.69) is 4.90 Å². The van der Waals surface area contributed by atoms with Gasteiger partial charge in [-0.25, -0.2) is 0 Å². The lowest BCUT2D eigenvalue weighted by molar-refractivity contribution is -0.117. The summed E-state index contributed by atoms with van der Waals surface area (Å²) in [6.07, 6.45) is 7.18. The van der Waals surface area contributed by atoms with E-state index in [-0.39, 0.29) is 6.61 Å². The van der Waals surface area contributed by atoms with Gasteiger partial charge in [-0.2, -0.15) is 0 Å². The molecule has 2 unspecified atom stereocenters. The molecule has 0 bridgehead atoms. The lowest BCUT2D eigenvalue weighted by atomic mass is 9.97. The third-order valence-corrected chi connectivity index (χ3v) is 3.82. The summed E-state index contributed by atoms with van der Waals surface area (Å²) < 4.78 is 0. The van der Waals surface area contributed by atoms with E-state index < -0.39 is 0 Å². The van der Waals surface area contributed by atoms with Crippen molar-refractivity contribution < 1.29 is 9.90 Å². The summed E-state index contributed by atoms with van der Waals surface area (Å²) in [6, 6.07) is 1.01. The molecular weight excluding hydrogens is 190 g/mol. The molecule has 1 saturated heterocycles. The van der Waals surface area contributed by atoms with Gasteiger partial charge in [0.1, 0.15) is 5.78 Å². The first-order chi connectivity index (χ1) is 7.31. The van der Waals surface area contributed by atoms with Crippen LogP contribution in [-0.2, 0) is 4.79 Å². The summed E-state index contributed by atoms with van der Waals surface area (Å²) in [5.41, 5.74) is 0. The zero-order valence-electron chi connectivity index (χ0n) is 9.32. The molecule has 0 aromatic carbocycles. The molecule has 0 spiro atoms. The Bertz CT molecular complexity index is 228. The highest BCUT2D eigenvalue weighted by Gasteiger charge is 2.32. The summed E-state index contributed by atoms with van der Waals surface area (Å²) in [6.45, 7) is 1.41. The number of hydrogen-bond acceptors (Lipinski definition) is 3. The van der Waals surface area contributed by atoms with Crippen LogP contribution in [0.15, 0.2) is 0 Å². The van der Waals surface area contributed by atoms with E-state index in [9.17, 15) is 4.79 Å². The van der Waals surface area contributed by atoms with Crippen molar-refractivity contribution in [2.45, 2.75) is 57.0 Å². The van der Waals surface area contributed by atoms with Gasteiger partial charge in [0, 0.05) is 31.5 Å². The fourth-order valence-corrected chi connectivity index (χ4v) is 3.04. The summed E-state index contributed by atoms with van der Waals surface area (Å²) >= 11 is 0. The van der Waals surface area contributed by atoms with Crippen molar-refractivity contribution in [2.24, 2.45) is 0 Å². The van der Waals surface area contributed by atoms with Crippen LogP contribution in [0.2, 0.25) is 0 Å². The van der Waals surface area contributed by atoms with E-state index in [1.807, 2.05) is 0 Å². The molecule has 3 nitrogen and oxygen atoms in total. The number of carbonyl (C=O) groups is 1. The molecule has 86 valence electrons. The highest BCUT2D eigenvalue weighted by atomic mass is 16.3. The Morgan fingerprint density at radius 1 is 1.33 bits per heavy atom. The Morgan fingerprint density at radius 3 is 2.87 bits per heavy atom. The zero-order valence-corrected chi connectivity index (χ0v) is 9.32. The first-order valence-electron chi connectivity index (χ1n) is 6.19. The fraction of sp³-hybridized carbons (Fsp3) is 0.917. The van der Waals surface area contributed by atoms with E-state index >= 15 is 0 Å². The average molecular weight is 211 g/mol. The number of aliphatic hydroxyl groups is 1. The number of nitrogens with zero attached hydrogens (tertiary/aromatic N) is 1. The van der Waals surface area contributed by atoms with Gasteiger partial charge in [-0.3, -0.25) is 9.69 Å². The normalized spacial score (nSPS) is 33.5. The second kappa shape index (κ2) is 5.08. The molecule has 1 N–H and O–H groups in total. The Morgan fingerprint density at radius 2 is 2.20 bits per heavy atom. The number of rotatable bonds is 3. The van der Waals surface area contributed by atoms with Crippen LogP contribution in [-0.4, -0.2) is 41.0 Å². The minimum atomic E-state index is 0.280. The molecule has 0 aromatic rings. The van der Waals surface area contributed by atoms with Crippen LogP contribution in [0.1, 0.15) is 44.9 Å². The molecular formula is C12H21NO2. The Balaban J connectivity index is 1.94. The van der Waals surface area contributed by atoms with Gasteiger partial charge < -0.3 is 5.11 Å². The molecule has 2 aliphatic rings. The van der Waals surface area contributed by atoms with Gasteiger partial charge in [-0.05, 0) is 32.2 Å². The van der Waals surface area contributed by atoms with Gasteiger partial charge in [0.2, 0.25) is 0 Å². The van der Waals surface area contributed by atoms with E-state index in [4.69, 9.17) is 5.11 Å². The van der Waals surface area contributed by atoms with Crippen LogP contribution in [0.25, 0.3) is 0 Å². The second-order valence-electron chi connectivity index (χ2n) is 4.84. The van der Waals surface area contributed by atoms with Crippen molar-refractivity contribution in [3.8, 4) is 0 Å².